The third-order valence-electron chi connectivity index (χ3n) is 2.86. The van der Waals surface area contributed by atoms with Gasteiger partial charge in [0, 0.05) is 23.7 Å². The van der Waals surface area contributed by atoms with Gasteiger partial charge in [-0.05, 0) is 36.1 Å². The number of hydrogen-bond donors (Lipinski definition) is 0. The maximum absolute atomic E-state index is 12.4. The number of unbranched alkanes of at least 4 members (excludes halogenated alkanes) is 1. The van der Waals surface area contributed by atoms with Gasteiger partial charge in [-0.2, -0.15) is 0 Å². The second kappa shape index (κ2) is 6.95. The summed E-state index contributed by atoms with van der Waals surface area (Å²) in [5, 5.41) is 0.697. The predicted molar refractivity (Wildman–Crippen MR) is 82.8 cm³/mol. The molecule has 1 rings (SSSR count). The lowest BCUT2D eigenvalue weighted by molar-refractivity contribution is -0.120. The summed E-state index contributed by atoms with van der Waals surface area (Å²) < 4.78 is 0. The summed E-state index contributed by atoms with van der Waals surface area (Å²) in [6.07, 6.45) is 2.64. The summed E-state index contributed by atoms with van der Waals surface area (Å²) in [4.78, 5) is 14.3. The summed E-state index contributed by atoms with van der Waals surface area (Å²) in [6.45, 7) is 9.17. The van der Waals surface area contributed by atoms with E-state index < -0.39 is 0 Å². The standard InChI is InChI=1S/C16H24ClNO/c1-5-6-11-18(15(19)12-16(2,3)4)14-9-7-13(17)8-10-14/h7-10H,5-6,11-12H2,1-4H3. The van der Waals surface area contributed by atoms with Gasteiger partial charge in [0.1, 0.15) is 0 Å². The van der Waals surface area contributed by atoms with Crippen LogP contribution in [-0.2, 0) is 4.79 Å². The van der Waals surface area contributed by atoms with E-state index in [-0.39, 0.29) is 11.3 Å². The van der Waals surface area contributed by atoms with Crippen LogP contribution in [0.3, 0.4) is 0 Å². The van der Waals surface area contributed by atoms with Crippen LogP contribution in [0.15, 0.2) is 24.3 Å². The molecule has 0 aliphatic heterocycles. The van der Waals surface area contributed by atoms with Crippen LogP contribution < -0.4 is 4.90 Å². The number of anilines is 1. The number of amides is 1. The first kappa shape index (κ1) is 16.0. The summed E-state index contributed by atoms with van der Waals surface area (Å²) >= 11 is 5.90. The van der Waals surface area contributed by atoms with E-state index in [9.17, 15) is 4.79 Å². The highest BCUT2D eigenvalue weighted by atomic mass is 35.5. The van der Waals surface area contributed by atoms with Crippen LogP contribution in [0.25, 0.3) is 0 Å². The van der Waals surface area contributed by atoms with Gasteiger partial charge >= 0.3 is 0 Å². The molecule has 1 amide bonds. The molecule has 0 saturated heterocycles. The number of carbonyl (C=O) groups is 1. The summed E-state index contributed by atoms with van der Waals surface area (Å²) in [5.41, 5.74) is 0.945. The molecule has 0 unspecified atom stereocenters. The molecule has 0 fully saturated rings. The Morgan fingerprint density at radius 2 is 1.79 bits per heavy atom. The Balaban J connectivity index is 2.87. The van der Waals surface area contributed by atoms with Crippen molar-refractivity contribution in [3.05, 3.63) is 29.3 Å². The van der Waals surface area contributed by atoms with Crippen LogP contribution in [0.5, 0.6) is 0 Å². The average molecular weight is 282 g/mol. The molecule has 3 heteroatoms. The first-order valence-corrected chi connectivity index (χ1v) is 7.27. The lowest BCUT2D eigenvalue weighted by atomic mass is 9.91. The zero-order valence-corrected chi connectivity index (χ0v) is 13.1. The van der Waals surface area contributed by atoms with E-state index in [0.717, 1.165) is 25.1 Å². The fourth-order valence-corrected chi connectivity index (χ4v) is 2.01. The van der Waals surface area contributed by atoms with E-state index >= 15 is 0 Å². The van der Waals surface area contributed by atoms with Gasteiger partial charge in [0.05, 0.1) is 0 Å². The molecule has 0 N–H and O–H groups in total. The minimum Gasteiger partial charge on any atom is -0.312 e. The minimum absolute atomic E-state index is 0.00791. The van der Waals surface area contributed by atoms with Gasteiger partial charge in [0.15, 0.2) is 0 Å². The third-order valence-corrected chi connectivity index (χ3v) is 3.11. The molecular formula is C16H24ClNO. The molecule has 0 heterocycles. The van der Waals surface area contributed by atoms with E-state index in [1.807, 2.05) is 29.2 Å². The molecule has 19 heavy (non-hydrogen) atoms. The lowest BCUT2D eigenvalue weighted by Gasteiger charge is -2.27. The monoisotopic (exact) mass is 281 g/mol. The quantitative estimate of drug-likeness (QED) is 0.751. The third kappa shape index (κ3) is 5.65. The fourth-order valence-electron chi connectivity index (χ4n) is 1.88. The van der Waals surface area contributed by atoms with Crippen LogP contribution >= 0.6 is 11.6 Å². The largest absolute Gasteiger partial charge is 0.312 e. The van der Waals surface area contributed by atoms with E-state index in [0.29, 0.717) is 11.4 Å². The predicted octanol–water partition coefficient (Wildman–Crippen LogP) is 4.91. The van der Waals surface area contributed by atoms with Crippen LogP contribution in [-0.4, -0.2) is 12.5 Å². The molecule has 1 aromatic carbocycles. The molecule has 0 aliphatic carbocycles. The molecule has 0 radical (unpaired) electrons. The average Bonchev–Trinajstić information content (AvgIpc) is 2.29. The van der Waals surface area contributed by atoms with Crippen molar-refractivity contribution in [2.24, 2.45) is 5.41 Å². The Hall–Kier alpha value is -1.02. The Morgan fingerprint density at radius 3 is 2.26 bits per heavy atom. The molecule has 0 spiro atoms. The van der Waals surface area contributed by atoms with E-state index in [1.165, 1.54) is 0 Å². The molecule has 2 nitrogen and oxygen atoms in total. The highest BCUT2D eigenvalue weighted by molar-refractivity contribution is 6.30. The van der Waals surface area contributed by atoms with Crippen molar-refractivity contribution in [2.45, 2.75) is 47.0 Å². The lowest BCUT2D eigenvalue weighted by Crippen LogP contribution is -2.34. The Kier molecular flexibility index (Phi) is 5.86. The zero-order valence-electron chi connectivity index (χ0n) is 12.4. The van der Waals surface area contributed by atoms with Crippen LogP contribution in [0.4, 0.5) is 5.69 Å². The molecule has 0 aliphatic rings. The van der Waals surface area contributed by atoms with Gasteiger partial charge < -0.3 is 4.90 Å². The second-order valence-electron chi connectivity index (χ2n) is 6.11. The number of nitrogens with zero attached hydrogens (tertiary/aromatic N) is 1. The van der Waals surface area contributed by atoms with Crippen molar-refractivity contribution in [3.63, 3.8) is 0 Å². The fraction of sp³-hybridized carbons (Fsp3) is 0.562. The number of benzene rings is 1. The van der Waals surface area contributed by atoms with Gasteiger partial charge in [-0.15, -0.1) is 0 Å². The molecule has 106 valence electrons. The number of halogens is 1. The Bertz CT molecular complexity index is 406. The van der Waals surface area contributed by atoms with Gasteiger partial charge in [0.2, 0.25) is 5.91 Å². The number of carbonyl (C=O) groups excluding carboxylic acids is 1. The maximum Gasteiger partial charge on any atom is 0.227 e. The zero-order chi connectivity index (χ0) is 14.5. The van der Waals surface area contributed by atoms with Crippen LogP contribution in [0.1, 0.15) is 47.0 Å². The van der Waals surface area contributed by atoms with Crippen molar-refractivity contribution in [1.82, 2.24) is 0 Å². The number of rotatable bonds is 5. The maximum atomic E-state index is 12.4. The van der Waals surface area contributed by atoms with Crippen LogP contribution in [0.2, 0.25) is 5.02 Å². The van der Waals surface area contributed by atoms with E-state index in [4.69, 9.17) is 11.6 Å². The van der Waals surface area contributed by atoms with E-state index in [2.05, 4.69) is 27.7 Å². The molecule has 0 aromatic heterocycles. The molecule has 1 aromatic rings. The first-order valence-electron chi connectivity index (χ1n) is 6.89. The highest BCUT2D eigenvalue weighted by Gasteiger charge is 2.21. The Labute approximate surface area is 121 Å². The molecular weight excluding hydrogens is 258 g/mol. The van der Waals surface area contributed by atoms with Gasteiger partial charge in [-0.3, -0.25) is 4.79 Å². The summed E-state index contributed by atoms with van der Waals surface area (Å²) in [6, 6.07) is 7.50. The van der Waals surface area contributed by atoms with Crippen molar-refractivity contribution in [2.75, 3.05) is 11.4 Å². The Morgan fingerprint density at radius 1 is 1.21 bits per heavy atom. The molecule has 0 atom stereocenters. The molecule has 0 bridgehead atoms. The van der Waals surface area contributed by atoms with Crippen LogP contribution in [0, 0.1) is 5.41 Å². The van der Waals surface area contributed by atoms with Gasteiger partial charge in [-0.1, -0.05) is 45.7 Å². The van der Waals surface area contributed by atoms with Crippen molar-refractivity contribution in [3.8, 4) is 0 Å². The van der Waals surface area contributed by atoms with Gasteiger partial charge in [0.25, 0.3) is 0 Å². The normalized spacial score (nSPS) is 11.4. The van der Waals surface area contributed by atoms with Crippen molar-refractivity contribution in [1.29, 1.82) is 0 Å². The molecule has 0 saturated carbocycles. The first-order chi connectivity index (χ1) is 8.83. The minimum atomic E-state index is 0.00791. The summed E-state index contributed by atoms with van der Waals surface area (Å²) in [5.74, 6) is 0.184. The SMILES string of the molecule is CCCCN(C(=O)CC(C)(C)C)c1ccc(Cl)cc1. The van der Waals surface area contributed by atoms with E-state index in [1.54, 1.807) is 0 Å². The topological polar surface area (TPSA) is 20.3 Å². The van der Waals surface area contributed by atoms with Crippen molar-refractivity contribution >= 4 is 23.2 Å². The van der Waals surface area contributed by atoms with Gasteiger partial charge in [-0.25, -0.2) is 0 Å². The summed E-state index contributed by atoms with van der Waals surface area (Å²) in [7, 11) is 0. The highest BCUT2D eigenvalue weighted by Crippen LogP contribution is 2.24. The number of hydrogen-bond acceptors (Lipinski definition) is 1. The second-order valence-corrected chi connectivity index (χ2v) is 6.55. The van der Waals surface area contributed by atoms with Crippen molar-refractivity contribution < 1.29 is 4.79 Å². The smallest absolute Gasteiger partial charge is 0.227 e.